The van der Waals surface area contributed by atoms with Crippen LogP contribution in [0.3, 0.4) is 0 Å². The van der Waals surface area contributed by atoms with Gasteiger partial charge in [-0.25, -0.2) is 0 Å². The van der Waals surface area contributed by atoms with Crippen molar-refractivity contribution >= 4 is 5.97 Å². The molecule has 3 aliphatic heterocycles. The number of ether oxygens (including phenoxy) is 6. The Morgan fingerprint density at radius 3 is 2.27 bits per heavy atom. The smallest absolute Gasteiger partial charge is 0.303 e. The monoisotopic (exact) mass is 840 g/mol. The maximum Gasteiger partial charge on any atom is 0.303 e. The predicted octanol–water partition coefficient (Wildman–Crippen LogP) is 0.391. The average molecular weight is 841 g/mol. The molecule has 59 heavy (non-hydrogen) atoms. The van der Waals surface area contributed by atoms with Gasteiger partial charge in [-0.2, -0.15) is 0 Å². The van der Waals surface area contributed by atoms with E-state index in [0.717, 1.165) is 24.8 Å². The summed E-state index contributed by atoms with van der Waals surface area (Å²) in [5, 5.41) is 98.9. The molecule has 4 saturated carbocycles. The Morgan fingerprint density at radius 1 is 0.949 bits per heavy atom. The number of carbonyl (C=O) groups is 1. The van der Waals surface area contributed by atoms with E-state index in [0.29, 0.717) is 25.7 Å². The lowest BCUT2D eigenvalue weighted by molar-refractivity contribution is -0.381. The van der Waals surface area contributed by atoms with E-state index < -0.39 is 120 Å². The van der Waals surface area contributed by atoms with E-state index in [9.17, 15) is 50.8 Å². The Labute approximate surface area is 345 Å². The summed E-state index contributed by atoms with van der Waals surface area (Å²) in [4.78, 5) is 12.4. The second kappa shape index (κ2) is 14.3. The van der Waals surface area contributed by atoms with Crippen LogP contribution in [0.4, 0.5) is 0 Å². The molecular weight excluding hydrogens is 772 g/mol. The molecule has 0 radical (unpaired) electrons. The molecule has 3 heterocycles. The quantitative estimate of drug-likeness (QED) is 0.118. The number of carbonyl (C=O) groups excluding carboxylic acids is 1. The Kier molecular flexibility index (Phi) is 10.8. The summed E-state index contributed by atoms with van der Waals surface area (Å²) in [5.74, 6) is -3.40. The summed E-state index contributed by atoms with van der Waals surface area (Å²) in [6.07, 6.45) is -9.63. The van der Waals surface area contributed by atoms with Crippen LogP contribution in [0.1, 0.15) is 100 Å². The van der Waals surface area contributed by atoms with E-state index in [-0.39, 0.29) is 35.4 Å². The van der Waals surface area contributed by atoms with Gasteiger partial charge in [-0.15, -0.1) is 0 Å². The van der Waals surface area contributed by atoms with Crippen LogP contribution in [0, 0.1) is 44.8 Å². The van der Waals surface area contributed by atoms with Crippen LogP contribution in [0.25, 0.3) is 0 Å². The van der Waals surface area contributed by atoms with Gasteiger partial charge in [0.25, 0.3) is 0 Å². The number of rotatable bonds is 8. The molecule has 7 fully saturated rings. The second-order valence-corrected chi connectivity index (χ2v) is 21.2. The van der Waals surface area contributed by atoms with Gasteiger partial charge < -0.3 is 74.4 Å². The van der Waals surface area contributed by atoms with Crippen molar-refractivity contribution in [3.8, 4) is 0 Å². The summed E-state index contributed by atoms with van der Waals surface area (Å²) in [6, 6.07) is 0. The molecule has 16 nitrogen and oxygen atoms in total. The van der Waals surface area contributed by atoms with Gasteiger partial charge in [0.15, 0.2) is 24.5 Å². The first kappa shape index (κ1) is 44.3. The fourth-order valence-electron chi connectivity index (χ4n) is 14.5. The number of allylic oxidation sites excluding steroid dienone is 1. The lowest BCUT2D eigenvalue weighted by Gasteiger charge is -2.60. The van der Waals surface area contributed by atoms with Gasteiger partial charge in [0.1, 0.15) is 54.9 Å². The molecule has 0 aromatic heterocycles. The summed E-state index contributed by atoms with van der Waals surface area (Å²) in [6.45, 7) is 14.1. The Hall–Kier alpha value is -1.35. The minimum atomic E-state index is -2.11. The van der Waals surface area contributed by atoms with Crippen molar-refractivity contribution in [1.29, 1.82) is 0 Å². The number of aliphatic hydroxyl groups is 9. The van der Waals surface area contributed by atoms with Crippen LogP contribution < -0.4 is 0 Å². The van der Waals surface area contributed by atoms with Gasteiger partial charge in [-0.1, -0.05) is 46.3 Å². The summed E-state index contributed by atoms with van der Waals surface area (Å²) < 4.78 is 37.5. The third kappa shape index (κ3) is 6.09. The van der Waals surface area contributed by atoms with Gasteiger partial charge in [0, 0.05) is 18.3 Å². The van der Waals surface area contributed by atoms with E-state index >= 15 is 0 Å². The van der Waals surface area contributed by atoms with Crippen LogP contribution in [0.15, 0.2) is 11.6 Å². The van der Waals surface area contributed by atoms with Gasteiger partial charge in [0.2, 0.25) is 0 Å². The zero-order valence-corrected chi connectivity index (χ0v) is 35.6. The second-order valence-electron chi connectivity index (χ2n) is 21.2. The fraction of sp³-hybridized carbons (Fsp3) is 0.930. The summed E-state index contributed by atoms with van der Waals surface area (Å²) in [7, 11) is 0. The molecule has 8 aliphatic rings. The molecule has 3 saturated heterocycles. The predicted molar refractivity (Wildman–Crippen MR) is 204 cm³/mol. The van der Waals surface area contributed by atoms with Crippen LogP contribution in [0.5, 0.6) is 0 Å². The Morgan fingerprint density at radius 2 is 1.63 bits per heavy atom. The fourth-order valence-corrected chi connectivity index (χ4v) is 14.5. The van der Waals surface area contributed by atoms with Crippen molar-refractivity contribution in [1.82, 2.24) is 0 Å². The normalized spacial score (nSPS) is 54.4. The average Bonchev–Trinajstić information content (AvgIpc) is 3.79. The molecule has 16 heteroatoms. The summed E-state index contributed by atoms with van der Waals surface area (Å²) >= 11 is 0. The Bertz CT molecular complexity index is 1670. The zero-order valence-electron chi connectivity index (χ0n) is 35.6. The Balaban J connectivity index is 1.19. The standard InChI is InChI=1S/C43H68O16/c1-19-15-22(33(38(5,6)52)55-20(2)45)59-43(53)32(19)39(7)13-14-42-18-41(42)12-11-26(57-34-30(50)27(47)21(46)17-54-34)37(3,4)24(41)9-10-25(42)40(39,8)36(43)58-35-31(51)29(49)28(48)23(16-44)56-35/h10,19,21-24,26-36,44,46-53H,9,11-18H2,1-8H3/t19-,21-,22-,23-,24+,26+,27+,28-,29+,30-,31-,32-,33+,34+,35+,36-,39-,40-,41-,42+,43-/m1/s1. The molecule has 0 aromatic carbocycles. The van der Waals surface area contributed by atoms with Crippen molar-refractivity contribution in [3.63, 3.8) is 0 Å². The van der Waals surface area contributed by atoms with Crippen LogP contribution >= 0.6 is 0 Å². The van der Waals surface area contributed by atoms with Crippen LogP contribution in [0.2, 0.25) is 0 Å². The molecule has 0 bridgehead atoms. The maximum absolute atomic E-state index is 13.5. The first-order valence-corrected chi connectivity index (χ1v) is 21.6. The molecule has 5 aliphatic carbocycles. The summed E-state index contributed by atoms with van der Waals surface area (Å²) in [5.41, 5.74) is -2.96. The first-order valence-electron chi connectivity index (χ1n) is 21.6. The number of fused-ring (bicyclic) bond motifs is 4. The van der Waals surface area contributed by atoms with Gasteiger partial charge >= 0.3 is 5.97 Å². The first-order chi connectivity index (χ1) is 27.4. The molecule has 2 spiro atoms. The van der Waals surface area contributed by atoms with Gasteiger partial charge in [-0.3, -0.25) is 4.79 Å². The van der Waals surface area contributed by atoms with Crippen LogP contribution in [-0.4, -0.2) is 156 Å². The van der Waals surface area contributed by atoms with E-state index in [1.807, 2.05) is 6.92 Å². The molecule has 336 valence electrons. The van der Waals surface area contributed by atoms with Crippen molar-refractivity contribution in [2.75, 3.05) is 13.2 Å². The molecule has 8 rings (SSSR count). The van der Waals surface area contributed by atoms with E-state index in [4.69, 9.17) is 28.4 Å². The highest BCUT2D eigenvalue weighted by Gasteiger charge is 2.86. The topological polar surface area (TPSA) is 255 Å². The number of esters is 1. The molecule has 21 atom stereocenters. The minimum absolute atomic E-state index is 0.146. The number of hydrogen-bond donors (Lipinski definition) is 9. The van der Waals surface area contributed by atoms with Crippen molar-refractivity contribution < 1.29 is 79.2 Å². The SMILES string of the molecule is CC(=O)O[C@@H]([C@H]1C[C@@H](C)[C@H]2[C@@](O)(O1)[C@H](O[C@@H]1O[C@H](CO)[C@@H](O)[C@H](O)[C@H]1O)[C@@]1(C)C3=CC[C@H]4C(C)(C)[C@@H](O[C@@H]5OC[C@@H](O)[C@H](O)[C@H]5O)CC[C@@]45C[C@@]35CC[C@]21C)C(C)(C)O. The van der Waals surface area contributed by atoms with E-state index in [1.54, 1.807) is 0 Å². The third-order valence-corrected chi connectivity index (χ3v) is 17.3. The largest absolute Gasteiger partial charge is 0.457 e. The molecule has 0 aromatic rings. The van der Waals surface area contributed by atoms with Crippen molar-refractivity contribution in [3.05, 3.63) is 11.6 Å². The minimum Gasteiger partial charge on any atom is -0.457 e. The van der Waals surface area contributed by atoms with E-state index in [2.05, 4.69) is 33.8 Å². The third-order valence-electron chi connectivity index (χ3n) is 17.3. The van der Waals surface area contributed by atoms with Crippen LogP contribution in [-0.2, 0) is 33.2 Å². The highest BCUT2D eigenvalue weighted by molar-refractivity contribution is 5.66. The molecule has 0 unspecified atom stereocenters. The number of aliphatic hydroxyl groups excluding tert-OH is 7. The lowest BCUT2D eigenvalue weighted by Crippen LogP contribution is -2.65. The number of hydrogen-bond acceptors (Lipinski definition) is 16. The zero-order chi connectivity index (χ0) is 43.2. The van der Waals surface area contributed by atoms with E-state index in [1.165, 1.54) is 20.8 Å². The molecular formula is C43H68O16. The van der Waals surface area contributed by atoms with Gasteiger partial charge in [0.05, 0.1) is 24.9 Å². The maximum atomic E-state index is 13.5. The van der Waals surface area contributed by atoms with Crippen molar-refractivity contribution in [2.45, 2.75) is 191 Å². The highest BCUT2D eigenvalue weighted by atomic mass is 16.7. The molecule has 0 amide bonds. The van der Waals surface area contributed by atoms with Gasteiger partial charge in [-0.05, 0) is 92.3 Å². The molecule has 9 N–H and O–H groups in total. The lowest BCUT2D eigenvalue weighted by atomic mass is 9.44. The van der Waals surface area contributed by atoms with Crippen molar-refractivity contribution in [2.24, 2.45) is 44.8 Å². The highest BCUT2D eigenvalue weighted by Crippen LogP contribution is 2.89.